The highest BCUT2D eigenvalue weighted by Gasteiger charge is 2.61. The van der Waals surface area contributed by atoms with Crippen molar-refractivity contribution in [2.45, 2.75) is 19.3 Å². The Morgan fingerprint density at radius 1 is 0.778 bits per heavy atom. The highest BCUT2D eigenvalue weighted by atomic mass is 16.5. The Morgan fingerprint density at radius 3 is 1.78 bits per heavy atom. The van der Waals surface area contributed by atoms with Crippen LogP contribution in [0.3, 0.4) is 0 Å². The van der Waals surface area contributed by atoms with Crippen LogP contribution in [0.25, 0.3) is 0 Å². The molecule has 5 rings (SSSR count). The molecule has 5 heteroatoms. The van der Waals surface area contributed by atoms with Gasteiger partial charge in [0.15, 0.2) is 0 Å². The van der Waals surface area contributed by atoms with Gasteiger partial charge in [-0.25, -0.2) is 0 Å². The molecule has 1 aliphatic heterocycles. The van der Waals surface area contributed by atoms with Crippen LogP contribution in [-0.2, 0) is 9.59 Å². The number of fused-ring (bicyclic) bond motifs is 5. The Hall–Kier alpha value is -2.82. The fourth-order valence-electron chi connectivity index (χ4n) is 5.11. The van der Waals surface area contributed by atoms with Gasteiger partial charge in [-0.3, -0.25) is 14.5 Å². The van der Waals surface area contributed by atoms with Crippen molar-refractivity contribution in [1.29, 1.82) is 0 Å². The summed E-state index contributed by atoms with van der Waals surface area (Å²) in [6.45, 7) is 0. The maximum Gasteiger partial charge on any atom is 0.237 e. The highest BCUT2D eigenvalue weighted by molar-refractivity contribution is 6.22. The fourth-order valence-corrected chi connectivity index (χ4v) is 5.11. The molecule has 2 aromatic rings. The van der Waals surface area contributed by atoms with Crippen LogP contribution in [0, 0.1) is 23.7 Å². The summed E-state index contributed by atoms with van der Waals surface area (Å²) in [5.41, 5.74) is 0.640. The van der Waals surface area contributed by atoms with Crippen LogP contribution in [0.1, 0.15) is 19.3 Å². The molecule has 2 aromatic carbocycles. The van der Waals surface area contributed by atoms with Crippen LogP contribution in [0.5, 0.6) is 17.2 Å². The third kappa shape index (κ3) is 2.52. The number of hydrogen-bond acceptors (Lipinski definition) is 4. The summed E-state index contributed by atoms with van der Waals surface area (Å²) in [5.74, 6) is 2.72. The van der Waals surface area contributed by atoms with Gasteiger partial charge in [0.25, 0.3) is 0 Å². The number of carbonyl (C=O) groups excluding carboxylic acids is 2. The summed E-state index contributed by atoms with van der Waals surface area (Å²) >= 11 is 0. The molecule has 4 atom stereocenters. The van der Waals surface area contributed by atoms with E-state index in [1.807, 2.05) is 24.3 Å². The summed E-state index contributed by atoms with van der Waals surface area (Å²) in [6, 6.07) is 14.5. The molecule has 1 heterocycles. The normalized spacial score (nSPS) is 28.6. The second-order valence-electron chi connectivity index (χ2n) is 7.67. The van der Waals surface area contributed by atoms with Gasteiger partial charge in [-0.15, -0.1) is 0 Å². The van der Waals surface area contributed by atoms with Gasteiger partial charge in [-0.2, -0.15) is 0 Å². The van der Waals surface area contributed by atoms with Gasteiger partial charge in [-0.05, 0) is 79.6 Å². The lowest BCUT2D eigenvalue weighted by atomic mass is 9.81. The van der Waals surface area contributed by atoms with Crippen molar-refractivity contribution in [2.75, 3.05) is 12.0 Å². The van der Waals surface area contributed by atoms with Crippen LogP contribution in [0.2, 0.25) is 0 Å². The molecule has 0 N–H and O–H groups in total. The van der Waals surface area contributed by atoms with E-state index in [1.54, 1.807) is 31.4 Å². The van der Waals surface area contributed by atoms with Crippen LogP contribution < -0.4 is 14.4 Å². The minimum atomic E-state index is -0.0912. The monoisotopic (exact) mass is 363 g/mol. The number of anilines is 1. The summed E-state index contributed by atoms with van der Waals surface area (Å²) in [6.07, 6.45) is 3.23. The molecule has 2 amide bonds. The van der Waals surface area contributed by atoms with Crippen molar-refractivity contribution in [3.05, 3.63) is 48.5 Å². The number of ether oxygens (including phenoxy) is 2. The molecule has 0 spiro atoms. The Kier molecular flexibility index (Phi) is 3.71. The zero-order valence-electron chi connectivity index (χ0n) is 15.1. The van der Waals surface area contributed by atoms with Crippen LogP contribution in [-0.4, -0.2) is 18.9 Å². The molecule has 1 saturated heterocycles. The molecule has 2 aliphatic carbocycles. The first-order valence-electron chi connectivity index (χ1n) is 9.45. The minimum Gasteiger partial charge on any atom is -0.497 e. The molecule has 3 aliphatic rings. The molecule has 27 heavy (non-hydrogen) atoms. The Morgan fingerprint density at radius 2 is 1.26 bits per heavy atom. The Balaban J connectivity index is 1.34. The molecule has 0 aromatic heterocycles. The minimum absolute atomic E-state index is 0.0129. The van der Waals surface area contributed by atoms with Gasteiger partial charge >= 0.3 is 0 Å². The van der Waals surface area contributed by atoms with E-state index in [9.17, 15) is 9.59 Å². The summed E-state index contributed by atoms with van der Waals surface area (Å²) in [5, 5.41) is 0. The predicted molar refractivity (Wildman–Crippen MR) is 99.8 cm³/mol. The SMILES string of the molecule is COc1ccc(Oc2ccc(N3C(=O)[C@@H]4[C@@H]5CC[C@@H](C5)[C@@H]4C3=O)cc2)cc1. The maximum atomic E-state index is 12.9. The van der Waals surface area contributed by atoms with Crippen molar-refractivity contribution >= 4 is 17.5 Å². The first-order chi connectivity index (χ1) is 13.2. The Bertz CT molecular complexity index is 862. The topological polar surface area (TPSA) is 55.8 Å². The summed E-state index contributed by atoms with van der Waals surface area (Å²) < 4.78 is 11.0. The first kappa shape index (κ1) is 16.4. The van der Waals surface area contributed by atoms with E-state index in [-0.39, 0.29) is 23.7 Å². The molecular formula is C22H21NO4. The molecule has 2 saturated carbocycles. The third-order valence-electron chi connectivity index (χ3n) is 6.32. The number of methoxy groups -OCH3 is 1. The predicted octanol–water partition coefficient (Wildman–Crippen LogP) is 4.02. The van der Waals surface area contributed by atoms with Gasteiger partial charge in [0, 0.05) is 0 Å². The quantitative estimate of drug-likeness (QED) is 0.770. The summed E-state index contributed by atoms with van der Waals surface area (Å²) in [7, 11) is 1.62. The molecule has 3 fully saturated rings. The van der Waals surface area contributed by atoms with Crippen molar-refractivity contribution in [3.63, 3.8) is 0 Å². The van der Waals surface area contributed by atoms with Gasteiger partial charge in [0.05, 0.1) is 24.6 Å². The van der Waals surface area contributed by atoms with Gasteiger partial charge < -0.3 is 9.47 Å². The maximum absolute atomic E-state index is 12.9. The Labute approximate surface area is 157 Å². The zero-order valence-corrected chi connectivity index (χ0v) is 15.1. The lowest BCUT2D eigenvalue weighted by Gasteiger charge is -2.19. The standard InChI is InChI=1S/C22H21NO4/c1-26-16-8-10-18(11-9-16)27-17-6-4-15(5-7-17)23-21(24)19-13-2-3-14(12-13)20(19)22(23)25/h4-11,13-14,19-20H,2-3,12H2,1H3/t13-,14+,19-,20+. The van der Waals surface area contributed by atoms with E-state index in [1.165, 1.54) is 4.90 Å². The second kappa shape index (κ2) is 6.12. The highest BCUT2D eigenvalue weighted by Crippen LogP contribution is 2.56. The van der Waals surface area contributed by atoms with E-state index >= 15 is 0 Å². The number of nitrogens with zero attached hydrogens (tertiary/aromatic N) is 1. The number of carbonyl (C=O) groups is 2. The number of imide groups is 1. The number of amides is 2. The van der Waals surface area contributed by atoms with E-state index in [0.29, 0.717) is 29.0 Å². The smallest absolute Gasteiger partial charge is 0.237 e. The summed E-state index contributed by atoms with van der Waals surface area (Å²) in [4.78, 5) is 27.2. The van der Waals surface area contributed by atoms with Gasteiger partial charge in [0.1, 0.15) is 17.2 Å². The van der Waals surface area contributed by atoms with E-state index in [4.69, 9.17) is 9.47 Å². The lowest BCUT2D eigenvalue weighted by Crippen LogP contribution is -2.32. The van der Waals surface area contributed by atoms with Crippen LogP contribution in [0.15, 0.2) is 48.5 Å². The van der Waals surface area contributed by atoms with Crippen LogP contribution >= 0.6 is 0 Å². The van der Waals surface area contributed by atoms with E-state index in [0.717, 1.165) is 25.0 Å². The molecule has 0 unspecified atom stereocenters. The molecule has 138 valence electrons. The number of rotatable bonds is 4. The zero-order chi connectivity index (χ0) is 18.5. The van der Waals surface area contributed by atoms with Crippen LogP contribution in [0.4, 0.5) is 5.69 Å². The third-order valence-corrected chi connectivity index (χ3v) is 6.32. The molecule has 2 bridgehead atoms. The second-order valence-corrected chi connectivity index (χ2v) is 7.67. The van der Waals surface area contributed by atoms with E-state index < -0.39 is 0 Å². The van der Waals surface area contributed by atoms with Gasteiger partial charge in [-0.1, -0.05) is 0 Å². The molecule has 5 nitrogen and oxygen atoms in total. The molecular weight excluding hydrogens is 342 g/mol. The van der Waals surface area contributed by atoms with Crippen molar-refractivity contribution < 1.29 is 19.1 Å². The van der Waals surface area contributed by atoms with E-state index in [2.05, 4.69) is 0 Å². The molecule has 0 radical (unpaired) electrons. The number of benzene rings is 2. The fraction of sp³-hybridized carbons (Fsp3) is 0.364. The van der Waals surface area contributed by atoms with Crippen molar-refractivity contribution in [3.8, 4) is 17.2 Å². The average Bonchev–Trinajstić information content (AvgIpc) is 3.37. The van der Waals surface area contributed by atoms with Gasteiger partial charge in [0.2, 0.25) is 11.8 Å². The average molecular weight is 363 g/mol. The number of hydrogen-bond donors (Lipinski definition) is 0. The largest absolute Gasteiger partial charge is 0.497 e. The van der Waals surface area contributed by atoms with Crippen molar-refractivity contribution in [2.24, 2.45) is 23.7 Å². The first-order valence-corrected chi connectivity index (χ1v) is 9.45. The lowest BCUT2D eigenvalue weighted by molar-refractivity contribution is -0.123. The van der Waals surface area contributed by atoms with Crippen molar-refractivity contribution in [1.82, 2.24) is 0 Å².